The molecule has 0 aromatic heterocycles. The van der Waals surface area contributed by atoms with Gasteiger partial charge in [0.15, 0.2) is 0 Å². The van der Waals surface area contributed by atoms with Gasteiger partial charge in [-0.3, -0.25) is 0 Å². The summed E-state index contributed by atoms with van der Waals surface area (Å²) in [4.78, 5) is 0. The first-order valence-corrected chi connectivity index (χ1v) is 4.28. The number of aliphatic hydroxyl groups is 1. The van der Waals surface area contributed by atoms with Gasteiger partial charge in [-0.1, -0.05) is 13.8 Å². The lowest BCUT2D eigenvalue weighted by Gasteiger charge is -2.31. The van der Waals surface area contributed by atoms with Gasteiger partial charge in [-0.25, -0.2) is 0 Å². The van der Waals surface area contributed by atoms with Crippen LogP contribution in [0.3, 0.4) is 0 Å². The number of rotatable bonds is 0. The van der Waals surface area contributed by atoms with Crippen molar-refractivity contribution in [1.29, 1.82) is 0 Å². The third-order valence-corrected chi connectivity index (χ3v) is 3.55. The molecule has 0 aliphatic heterocycles. The van der Waals surface area contributed by atoms with Crippen LogP contribution in [0.25, 0.3) is 0 Å². The quantitative estimate of drug-likeness (QED) is 0.544. The molecular weight excluding hydrogens is 124 g/mol. The Kier molecular flexibility index (Phi) is 1.17. The van der Waals surface area contributed by atoms with Crippen LogP contribution in [-0.2, 0) is 0 Å². The van der Waals surface area contributed by atoms with Gasteiger partial charge in [0.1, 0.15) is 0 Å². The van der Waals surface area contributed by atoms with E-state index in [2.05, 4.69) is 13.8 Å². The smallest absolute Gasteiger partial charge is 0.0571 e. The number of fused-ring (bicyclic) bond motifs is 2. The summed E-state index contributed by atoms with van der Waals surface area (Å²) in [6, 6.07) is 0. The van der Waals surface area contributed by atoms with Gasteiger partial charge in [-0.05, 0) is 36.5 Å². The van der Waals surface area contributed by atoms with Gasteiger partial charge >= 0.3 is 0 Å². The van der Waals surface area contributed by atoms with E-state index in [0.717, 1.165) is 12.3 Å². The molecule has 0 saturated heterocycles. The highest BCUT2D eigenvalue weighted by Crippen LogP contribution is 2.55. The second kappa shape index (κ2) is 1.76. The lowest BCUT2D eigenvalue weighted by molar-refractivity contribution is 0.0685. The van der Waals surface area contributed by atoms with Crippen molar-refractivity contribution < 1.29 is 5.11 Å². The van der Waals surface area contributed by atoms with E-state index in [0.29, 0.717) is 11.3 Å². The number of hydrogen-bond donors (Lipinski definition) is 1. The molecule has 2 rings (SSSR count). The normalized spacial score (nSPS) is 50.1. The summed E-state index contributed by atoms with van der Waals surface area (Å²) in [6.07, 6.45) is 3.64. The monoisotopic (exact) mass is 140 g/mol. The molecule has 1 nitrogen and oxygen atoms in total. The highest BCUT2D eigenvalue weighted by Gasteiger charge is 2.49. The van der Waals surface area contributed by atoms with Gasteiger partial charge < -0.3 is 5.11 Å². The Labute approximate surface area is 62.4 Å². The average molecular weight is 140 g/mol. The zero-order valence-electron chi connectivity index (χ0n) is 6.80. The first-order chi connectivity index (χ1) is 4.59. The lowest BCUT2D eigenvalue weighted by Crippen LogP contribution is -2.27. The van der Waals surface area contributed by atoms with E-state index < -0.39 is 0 Å². The largest absolute Gasteiger partial charge is 0.393 e. The minimum Gasteiger partial charge on any atom is -0.393 e. The van der Waals surface area contributed by atoms with Gasteiger partial charge in [0.05, 0.1) is 6.10 Å². The molecule has 2 aliphatic carbocycles. The third-order valence-electron chi connectivity index (χ3n) is 3.55. The molecule has 2 fully saturated rings. The Morgan fingerprint density at radius 3 is 2.30 bits per heavy atom. The van der Waals surface area contributed by atoms with E-state index in [1.807, 2.05) is 0 Å². The van der Waals surface area contributed by atoms with Crippen LogP contribution in [0.2, 0.25) is 0 Å². The van der Waals surface area contributed by atoms with Crippen LogP contribution in [0.4, 0.5) is 0 Å². The number of hydrogen-bond acceptors (Lipinski definition) is 1. The molecule has 3 atom stereocenters. The van der Waals surface area contributed by atoms with Gasteiger partial charge in [0, 0.05) is 0 Å². The van der Waals surface area contributed by atoms with Crippen LogP contribution in [-0.4, -0.2) is 11.2 Å². The highest BCUT2D eigenvalue weighted by atomic mass is 16.3. The molecule has 0 aromatic carbocycles. The maximum Gasteiger partial charge on any atom is 0.0571 e. The standard InChI is InChI=1S/C9H16O/c1-9(2)5-6-3-7(9)4-8(6)10/h6-8,10H,3-5H2,1-2H3/t6-,7-,8?/m0/s1. The zero-order valence-corrected chi connectivity index (χ0v) is 6.80. The zero-order chi connectivity index (χ0) is 7.35. The molecule has 10 heavy (non-hydrogen) atoms. The molecule has 0 spiro atoms. The molecule has 0 amide bonds. The molecule has 1 heteroatoms. The maximum absolute atomic E-state index is 9.45. The van der Waals surface area contributed by atoms with Crippen LogP contribution < -0.4 is 0 Å². The van der Waals surface area contributed by atoms with Gasteiger partial charge in [0.25, 0.3) is 0 Å². The Balaban J connectivity index is 2.16. The van der Waals surface area contributed by atoms with Crippen LogP contribution in [0, 0.1) is 17.3 Å². The van der Waals surface area contributed by atoms with Crippen molar-refractivity contribution in [1.82, 2.24) is 0 Å². The van der Waals surface area contributed by atoms with Crippen LogP contribution >= 0.6 is 0 Å². The van der Waals surface area contributed by atoms with Crippen molar-refractivity contribution in [2.45, 2.75) is 39.2 Å². The summed E-state index contributed by atoms with van der Waals surface area (Å²) in [6.45, 7) is 4.67. The van der Waals surface area contributed by atoms with E-state index in [9.17, 15) is 5.11 Å². The van der Waals surface area contributed by atoms with Crippen molar-refractivity contribution in [2.24, 2.45) is 17.3 Å². The SMILES string of the molecule is CC1(C)C[C@@H]2C[C@H]1CC2O. The summed E-state index contributed by atoms with van der Waals surface area (Å²) in [5, 5.41) is 9.45. The molecule has 2 bridgehead atoms. The van der Waals surface area contributed by atoms with Crippen molar-refractivity contribution >= 4 is 0 Å². The Hall–Kier alpha value is -0.0400. The molecule has 0 radical (unpaired) electrons. The van der Waals surface area contributed by atoms with Crippen molar-refractivity contribution in [3.05, 3.63) is 0 Å². The number of aliphatic hydroxyl groups excluding tert-OH is 1. The van der Waals surface area contributed by atoms with Crippen LogP contribution in [0.5, 0.6) is 0 Å². The van der Waals surface area contributed by atoms with Crippen LogP contribution in [0.15, 0.2) is 0 Å². The first kappa shape index (κ1) is 6.66. The topological polar surface area (TPSA) is 20.2 Å². The fraction of sp³-hybridized carbons (Fsp3) is 1.00. The second-order valence-corrected chi connectivity index (χ2v) is 4.69. The van der Waals surface area contributed by atoms with Gasteiger partial charge in [0.2, 0.25) is 0 Å². The molecule has 2 saturated carbocycles. The molecular formula is C9H16O. The first-order valence-electron chi connectivity index (χ1n) is 4.28. The molecule has 1 unspecified atom stereocenters. The Morgan fingerprint density at radius 2 is 2.00 bits per heavy atom. The summed E-state index contributed by atoms with van der Waals surface area (Å²) in [5.41, 5.74) is 0.532. The summed E-state index contributed by atoms with van der Waals surface area (Å²) >= 11 is 0. The maximum atomic E-state index is 9.45. The average Bonchev–Trinajstić information content (AvgIpc) is 2.21. The summed E-state index contributed by atoms with van der Waals surface area (Å²) in [7, 11) is 0. The lowest BCUT2D eigenvalue weighted by atomic mass is 9.76. The van der Waals surface area contributed by atoms with Crippen molar-refractivity contribution in [3.63, 3.8) is 0 Å². The molecule has 0 heterocycles. The predicted octanol–water partition coefficient (Wildman–Crippen LogP) is 1.80. The third kappa shape index (κ3) is 0.731. The predicted molar refractivity (Wildman–Crippen MR) is 40.6 cm³/mol. The highest BCUT2D eigenvalue weighted by molar-refractivity contribution is 4.99. The molecule has 58 valence electrons. The van der Waals surface area contributed by atoms with E-state index in [1.165, 1.54) is 12.8 Å². The minimum absolute atomic E-state index is 0.0398. The fourth-order valence-corrected chi connectivity index (χ4v) is 2.80. The van der Waals surface area contributed by atoms with Crippen LogP contribution in [0.1, 0.15) is 33.1 Å². The summed E-state index contributed by atoms with van der Waals surface area (Å²) < 4.78 is 0. The Bertz CT molecular complexity index is 149. The van der Waals surface area contributed by atoms with E-state index in [1.54, 1.807) is 0 Å². The summed E-state index contributed by atoms with van der Waals surface area (Å²) in [5.74, 6) is 1.45. The second-order valence-electron chi connectivity index (χ2n) is 4.69. The van der Waals surface area contributed by atoms with E-state index in [-0.39, 0.29) is 6.10 Å². The molecule has 2 aliphatic rings. The fourth-order valence-electron chi connectivity index (χ4n) is 2.80. The molecule has 1 N–H and O–H groups in total. The van der Waals surface area contributed by atoms with Crippen molar-refractivity contribution in [2.75, 3.05) is 0 Å². The van der Waals surface area contributed by atoms with Crippen molar-refractivity contribution in [3.8, 4) is 0 Å². The van der Waals surface area contributed by atoms with Gasteiger partial charge in [-0.2, -0.15) is 0 Å². The van der Waals surface area contributed by atoms with Gasteiger partial charge in [-0.15, -0.1) is 0 Å². The van der Waals surface area contributed by atoms with E-state index in [4.69, 9.17) is 0 Å². The Morgan fingerprint density at radius 1 is 1.30 bits per heavy atom. The minimum atomic E-state index is 0.0398. The van der Waals surface area contributed by atoms with E-state index >= 15 is 0 Å². The molecule has 0 aromatic rings.